The third kappa shape index (κ3) is 1.98. The van der Waals surface area contributed by atoms with Gasteiger partial charge in [0.1, 0.15) is 5.82 Å². The van der Waals surface area contributed by atoms with Crippen molar-refractivity contribution in [3.05, 3.63) is 42.1 Å². The number of hydrogen-bond donors (Lipinski definition) is 1. The van der Waals surface area contributed by atoms with Crippen LogP contribution < -0.4 is 5.32 Å². The van der Waals surface area contributed by atoms with Crippen molar-refractivity contribution in [1.82, 2.24) is 9.78 Å². The Balaban J connectivity index is 1.84. The van der Waals surface area contributed by atoms with E-state index in [2.05, 4.69) is 36.4 Å². The van der Waals surface area contributed by atoms with Crippen molar-refractivity contribution in [2.45, 2.75) is 26.7 Å². The minimum atomic E-state index is 0.00336. The van der Waals surface area contributed by atoms with Gasteiger partial charge in [0.25, 0.3) is 0 Å². The second kappa shape index (κ2) is 4.57. The number of nitrogens with zero attached hydrogens (tertiary/aromatic N) is 2. The Morgan fingerprint density at radius 3 is 2.73 bits per heavy atom. The van der Waals surface area contributed by atoms with Gasteiger partial charge in [0, 0.05) is 24.1 Å². The zero-order valence-electron chi connectivity index (χ0n) is 12.9. The molecule has 2 aromatic rings. The molecule has 0 radical (unpaired) electrons. The predicted octanol–water partition coefficient (Wildman–Crippen LogP) is 3.58. The molecule has 4 nitrogen and oxygen atoms in total. The van der Waals surface area contributed by atoms with Crippen LogP contribution >= 0.6 is 0 Å². The molecule has 0 fully saturated rings. The highest BCUT2D eigenvalue weighted by Crippen LogP contribution is 2.43. The van der Waals surface area contributed by atoms with Crippen LogP contribution in [0.4, 0.5) is 5.82 Å². The van der Waals surface area contributed by atoms with Gasteiger partial charge in [-0.1, -0.05) is 44.2 Å². The number of Topliss-reactive ketones (excluding diaryl/α,β-unsaturated/α-hetero) is 1. The van der Waals surface area contributed by atoms with Crippen molar-refractivity contribution in [3.63, 3.8) is 0 Å². The predicted molar refractivity (Wildman–Crippen MR) is 87.4 cm³/mol. The fourth-order valence-corrected chi connectivity index (χ4v) is 3.45. The number of carbonyl (C=O) groups is 1. The highest BCUT2D eigenvalue weighted by molar-refractivity contribution is 6.04. The van der Waals surface area contributed by atoms with Crippen LogP contribution in [-0.2, 0) is 4.79 Å². The summed E-state index contributed by atoms with van der Waals surface area (Å²) in [5.74, 6) is 1.25. The lowest BCUT2D eigenvalue weighted by Crippen LogP contribution is -2.33. The quantitative estimate of drug-likeness (QED) is 0.874. The Hall–Kier alpha value is -2.36. The zero-order valence-corrected chi connectivity index (χ0v) is 12.9. The number of allylic oxidation sites excluding steroid dienone is 1. The number of carbonyl (C=O) groups excluding carboxylic acids is 1. The Bertz CT molecular complexity index is 784. The van der Waals surface area contributed by atoms with Gasteiger partial charge in [-0.15, -0.1) is 0 Å². The van der Waals surface area contributed by atoms with Crippen molar-refractivity contribution in [1.29, 1.82) is 0 Å². The molecule has 0 saturated heterocycles. The fraction of sp³-hybridized carbons (Fsp3) is 0.333. The molecule has 4 heteroatoms. The topological polar surface area (TPSA) is 46.9 Å². The second-order valence-electron chi connectivity index (χ2n) is 6.90. The van der Waals surface area contributed by atoms with Crippen LogP contribution in [0.25, 0.3) is 16.8 Å². The maximum Gasteiger partial charge on any atom is 0.163 e. The Morgan fingerprint density at radius 1 is 1.18 bits per heavy atom. The van der Waals surface area contributed by atoms with Crippen molar-refractivity contribution < 1.29 is 4.79 Å². The number of fused-ring (bicyclic) bond motifs is 2. The summed E-state index contributed by atoms with van der Waals surface area (Å²) in [5.41, 5.74) is 4.19. The normalized spacial score (nSPS) is 19.5. The number of anilines is 1. The highest BCUT2D eigenvalue weighted by Gasteiger charge is 2.36. The number of nitrogens with one attached hydrogen (secondary N) is 1. The SMILES string of the molecule is CC1(C)CC(=O)C2=C(C1)n1ncc(-c3ccccc3)c1NC2. The molecule has 1 aromatic carbocycles. The Kier molecular flexibility index (Phi) is 2.76. The van der Waals surface area contributed by atoms with E-state index in [4.69, 9.17) is 0 Å². The van der Waals surface area contributed by atoms with E-state index in [1.807, 2.05) is 29.1 Å². The van der Waals surface area contributed by atoms with Gasteiger partial charge in [0.2, 0.25) is 0 Å². The summed E-state index contributed by atoms with van der Waals surface area (Å²) in [6.45, 7) is 4.91. The number of hydrogen-bond acceptors (Lipinski definition) is 3. The lowest BCUT2D eigenvalue weighted by molar-refractivity contribution is -0.117. The lowest BCUT2D eigenvalue weighted by atomic mass is 9.75. The lowest BCUT2D eigenvalue weighted by Gasteiger charge is -2.35. The molecular formula is C18H19N3O. The summed E-state index contributed by atoms with van der Waals surface area (Å²) in [6.07, 6.45) is 3.40. The third-order valence-electron chi connectivity index (χ3n) is 4.51. The van der Waals surface area contributed by atoms with E-state index in [1.54, 1.807) is 0 Å². The highest BCUT2D eigenvalue weighted by atomic mass is 16.1. The van der Waals surface area contributed by atoms with Gasteiger partial charge in [-0.3, -0.25) is 4.79 Å². The first-order valence-electron chi connectivity index (χ1n) is 7.68. The van der Waals surface area contributed by atoms with Crippen molar-refractivity contribution in [2.24, 2.45) is 5.41 Å². The van der Waals surface area contributed by atoms with E-state index in [-0.39, 0.29) is 11.2 Å². The van der Waals surface area contributed by atoms with Crippen LogP contribution in [0.2, 0.25) is 0 Å². The number of aromatic nitrogens is 2. The minimum absolute atomic E-state index is 0.00336. The van der Waals surface area contributed by atoms with E-state index in [9.17, 15) is 4.79 Å². The molecular weight excluding hydrogens is 274 g/mol. The van der Waals surface area contributed by atoms with Gasteiger partial charge in [-0.05, 0) is 17.4 Å². The maximum atomic E-state index is 12.4. The van der Waals surface area contributed by atoms with Crippen LogP contribution in [0.15, 0.2) is 42.1 Å². The second-order valence-corrected chi connectivity index (χ2v) is 6.90. The molecule has 0 unspecified atom stereocenters. The van der Waals surface area contributed by atoms with Gasteiger partial charge in [0.15, 0.2) is 5.78 Å². The fourth-order valence-electron chi connectivity index (χ4n) is 3.45. The number of rotatable bonds is 1. The standard InChI is InChI=1S/C18H19N3O/c1-18(2)8-15-14(16(22)9-18)10-19-17-13(11-20-21(15)17)12-6-4-3-5-7-12/h3-7,11,19H,8-10H2,1-2H3. The zero-order chi connectivity index (χ0) is 15.3. The molecule has 22 heavy (non-hydrogen) atoms. The van der Waals surface area contributed by atoms with Crippen LogP contribution in [0, 0.1) is 5.41 Å². The number of ketones is 1. The summed E-state index contributed by atoms with van der Waals surface area (Å²) in [7, 11) is 0. The molecule has 1 aliphatic heterocycles. The summed E-state index contributed by atoms with van der Waals surface area (Å²) in [5, 5.41) is 7.95. The molecule has 1 aliphatic carbocycles. The van der Waals surface area contributed by atoms with Crippen molar-refractivity contribution >= 4 is 17.3 Å². The van der Waals surface area contributed by atoms with Crippen LogP contribution in [0.3, 0.4) is 0 Å². The summed E-state index contributed by atoms with van der Waals surface area (Å²) >= 11 is 0. The van der Waals surface area contributed by atoms with Crippen LogP contribution in [-0.4, -0.2) is 22.1 Å². The monoisotopic (exact) mass is 293 g/mol. The average molecular weight is 293 g/mol. The van der Waals surface area contributed by atoms with E-state index in [0.29, 0.717) is 13.0 Å². The van der Waals surface area contributed by atoms with Gasteiger partial charge in [-0.25, -0.2) is 4.68 Å². The van der Waals surface area contributed by atoms with Crippen LogP contribution in [0.5, 0.6) is 0 Å². The van der Waals surface area contributed by atoms with Crippen molar-refractivity contribution in [3.8, 4) is 11.1 Å². The largest absolute Gasteiger partial charge is 0.365 e. The molecule has 0 saturated carbocycles. The van der Waals surface area contributed by atoms with Gasteiger partial charge in [-0.2, -0.15) is 5.10 Å². The molecule has 0 atom stereocenters. The van der Waals surface area contributed by atoms with E-state index < -0.39 is 0 Å². The Morgan fingerprint density at radius 2 is 1.95 bits per heavy atom. The van der Waals surface area contributed by atoms with E-state index >= 15 is 0 Å². The first-order valence-corrected chi connectivity index (χ1v) is 7.68. The first-order chi connectivity index (χ1) is 10.6. The molecule has 2 heterocycles. The molecule has 112 valence electrons. The minimum Gasteiger partial charge on any atom is -0.365 e. The molecule has 1 aromatic heterocycles. The van der Waals surface area contributed by atoms with E-state index in [0.717, 1.165) is 34.6 Å². The molecule has 4 rings (SSSR count). The van der Waals surface area contributed by atoms with E-state index in [1.165, 1.54) is 0 Å². The smallest absolute Gasteiger partial charge is 0.163 e. The molecule has 0 spiro atoms. The molecule has 0 bridgehead atoms. The molecule has 2 aliphatic rings. The summed E-state index contributed by atoms with van der Waals surface area (Å²) < 4.78 is 1.93. The van der Waals surface area contributed by atoms with Gasteiger partial charge < -0.3 is 5.32 Å². The third-order valence-corrected chi connectivity index (χ3v) is 4.51. The first kappa shape index (κ1) is 13.3. The van der Waals surface area contributed by atoms with Crippen molar-refractivity contribution in [2.75, 3.05) is 11.9 Å². The number of benzene rings is 1. The van der Waals surface area contributed by atoms with Gasteiger partial charge >= 0.3 is 0 Å². The maximum absolute atomic E-state index is 12.4. The van der Waals surface area contributed by atoms with Crippen LogP contribution in [0.1, 0.15) is 26.7 Å². The summed E-state index contributed by atoms with van der Waals surface area (Å²) in [4.78, 5) is 12.4. The summed E-state index contributed by atoms with van der Waals surface area (Å²) in [6, 6.07) is 10.2. The average Bonchev–Trinajstić information content (AvgIpc) is 2.91. The van der Waals surface area contributed by atoms with Gasteiger partial charge in [0.05, 0.1) is 11.9 Å². The Labute approximate surface area is 129 Å². The molecule has 0 amide bonds. The molecule has 1 N–H and O–H groups in total.